The number of benzene rings is 1. The Morgan fingerprint density at radius 1 is 1.30 bits per heavy atom. The molecule has 0 radical (unpaired) electrons. The largest absolute Gasteiger partial charge is 0.327 e. The van der Waals surface area contributed by atoms with Crippen LogP contribution in [0.3, 0.4) is 0 Å². The molecule has 0 aliphatic heterocycles. The Kier molecular flexibility index (Phi) is 5.09. The Labute approximate surface area is 136 Å². The van der Waals surface area contributed by atoms with Crippen LogP contribution in [0.1, 0.15) is 58.6 Å². The summed E-state index contributed by atoms with van der Waals surface area (Å²) >= 11 is 0. The van der Waals surface area contributed by atoms with Crippen LogP contribution in [-0.4, -0.2) is 9.55 Å². The second kappa shape index (κ2) is 6.70. The summed E-state index contributed by atoms with van der Waals surface area (Å²) < 4.78 is 28.0. The lowest BCUT2D eigenvalue weighted by Crippen LogP contribution is -2.33. The molecule has 3 rings (SSSR count). The molecule has 124 valence electrons. The van der Waals surface area contributed by atoms with Crippen LogP contribution in [0.15, 0.2) is 24.5 Å². The fraction of sp³-hybridized carbons (Fsp3) is 0.526. The van der Waals surface area contributed by atoms with Crippen LogP contribution in [-0.2, 0) is 0 Å². The first kappa shape index (κ1) is 17.5. The van der Waals surface area contributed by atoms with Crippen molar-refractivity contribution in [3.63, 3.8) is 0 Å². The quantitative estimate of drug-likeness (QED) is 0.658. The van der Waals surface area contributed by atoms with Crippen LogP contribution in [0.25, 0.3) is 11.0 Å². The minimum absolute atomic E-state index is 0.0923. The number of terminal acetylenes is 1. The van der Waals surface area contributed by atoms with E-state index in [1.54, 1.807) is 18.5 Å². The molecule has 1 saturated carbocycles. The summed E-state index contributed by atoms with van der Waals surface area (Å²) in [6.07, 6.45) is 6.23. The van der Waals surface area contributed by atoms with Crippen LogP contribution < -0.4 is 0 Å². The molecule has 0 spiro atoms. The standard InChI is InChI=1S/C14H16F2N2.C5H8/c1-14(2)6-9(7-14)18-8-17-11-5-3-4-10(12(11)18)13(15)16;1-4-5(2)3/h3-5,8-9,13H,6-7H2,1-2H3;1,5H,2-3H3. The number of aromatic nitrogens is 2. The SMILES string of the molecule is C#CC(C)C.CC1(C)CC(n2cnc3cccc(C(F)F)c32)C1. The van der Waals surface area contributed by atoms with Crippen LogP contribution >= 0.6 is 0 Å². The summed E-state index contributed by atoms with van der Waals surface area (Å²) in [7, 11) is 0. The van der Waals surface area contributed by atoms with Gasteiger partial charge in [0.1, 0.15) is 0 Å². The highest BCUT2D eigenvalue weighted by Gasteiger charge is 2.38. The highest BCUT2D eigenvalue weighted by molar-refractivity contribution is 5.79. The van der Waals surface area contributed by atoms with Gasteiger partial charge in [-0.1, -0.05) is 39.8 Å². The van der Waals surface area contributed by atoms with E-state index >= 15 is 0 Å². The average molecular weight is 318 g/mol. The highest BCUT2D eigenvalue weighted by Crippen LogP contribution is 2.49. The maximum Gasteiger partial charge on any atom is 0.265 e. The number of imidazole rings is 1. The molecule has 0 unspecified atom stereocenters. The van der Waals surface area contributed by atoms with Crippen molar-refractivity contribution >= 4 is 11.0 Å². The predicted octanol–water partition coefficient (Wildman–Crippen LogP) is 5.61. The second-order valence-electron chi connectivity index (χ2n) is 7.22. The number of halogens is 2. The minimum Gasteiger partial charge on any atom is -0.327 e. The lowest BCUT2D eigenvalue weighted by atomic mass is 9.68. The van der Waals surface area contributed by atoms with E-state index in [4.69, 9.17) is 6.42 Å². The summed E-state index contributed by atoms with van der Waals surface area (Å²) in [5.41, 5.74) is 1.68. The molecule has 2 nitrogen and oxygen atoms in total. The first-order chi connectivity index (χ1) is 10.7. The third-order valence-corrected chi connectivity index (χ3v) is 4.16. The van der Waals surface area contributed by atoms with Crippen LogP contribution in [0.5, 0.6) is 0 Å². The first-order valence-electron chi connectivity index (χ1n) is 7.95. The molecular formula is C19H24F2N2. The summed E-state index contributed by atoms with van der Waals surface area (Å²) in [4.78, 5) is 4.24. The molecule has 0 N–H and O–H groups in total. The number of hydrogen-bond donors (Lipinski definition) is 0. The topological polar surface area (TPSA) is 17.8 Å². The van der Waals surface area contributed by atoms with Gasteiger partial charge in [-0.05, 0) is 24.3 Å². The Morgan fingerprint density at radius 3 is 2.39 bits per heavy atom. The van der Waals surface area contributed by atoms with E-state index in [9.17, 15) is 8.78 Å². The van der Waals surface area contributed by atoms with E-state index < -0.39 is 6.43 Å². The summed E-state index contributed by atoms with van der Waals surface area (Å²) in [6, 6.07) is 5.24. The van der Waals surface area contributed by atoms with Crippen LogP contribution in [0.2, 0.25) is 0 Å². The molecule has 23 heavy (non-hydrogen) atoms. The third kappa shape index (κ3) is 3.90. The van der Waals surface area contributed by atoms with Gasteiger partial charge in [0.05, 0.1) is 17.4 Å². The van der Waals surface area contributed by atoms with E-state index in [2.05, 4.69) is 24.8 Å². The van der Waals surface area contributed by atoms with Gasteiger partial charge in [0.2, 0.25) is 0 Å². The van der Waals surface area contributed by atoms with E-state index in [-0.39, 0.29) is 5.56 Å². The van der Waals surface area contributed by atoms with Crippen molar-refractivity contribution < 1.29 is 8.78 Å². The van der Waals surface area contributed by atoms with E-state index in [0.29, 0.717) is 28.4 Å². The maximum absolute atomic E-state index is 13.1. The second-order valence-corrected chi connectivity index (χ2v) is 7.22. The van der Waals surface area contributed by atoms with Gasteiger partial charge in [-0.2, -0.15) is 0 Å². The molecule has 0 bridgehead atoms. The third-order valence-electron chi connectivity index (χ3n) is 4.16. The Bertz CT molecular complexity index is 700. The Morgan fingerprint density at radius 2 is 1.91 bits per heavy atom. The molecule has 1 aromatic carbocycles. The molecule has 0 saturated heterocycles. The normalized spacial score (nSPS) is 16.8. The van der Waals surface area contributed by atoms with Gasteiger partial charge in [0.25, 0.3) is 6.43 Å². The Balaban J connectivity index is 0.000000338. The van der Waals surface area contributed by atoms with Gasteiger partial charge in [-0.15, -0.1) is 12.3 Å². The van der Waals surface area contributed by atoms with Gasteiger partial charge in [0, 0.05) is 17.5 Å². The lowest BCUT2D eigenvalue weighted by Gasteiger charge is -2.43. The first-order valence-corrected chi connectivity index (χ1v) is 7.95. The Hall–Kier alpha value is -1.89. The van der Waals surface area contributed by atoms with E-state index in [1.165, 1.54) is 6.07 Å². The number of rotatable bonds is 2. The van der Waals surface area contributed by atoms with Crippen molar-refractivity contribution in [1.82, 2.24) is 9.55 Å². The highest BCUT2D eigenvalue weighted by atomic mass is 19.3. The zero-order chi connectivity index (χ0) is 17.2. The molecule has 2 aromatic rings. The molecule has 0 atom stereocenters. The van der Waals surface area contributed by atoms with Crippen molar-refractivity contribution in [2.75, 3.05) is 0 Å². The van der Waals surface area contributed by atoms with Gasteiger partial charge in [0.15, 0.2) is 0 Å². The fourth-order valence-electron chi connectivity index (χ4n) is 2.98. The molecule has 1 aromatic heterocycles. The zero-order valence-corrected chi connectivity index (χ0v) is 14.2. The summed E-state index contributed by atoms with van der Waals surface area (Å²) in [5.74, 6) is 2.94. The van der Waals surface area contributed by atoms with Crippen molar-refractivity contribution in [2.24, 2.45) is 11.3 Å². The molecule has 1 aliphatic carbocycles. The monoisotopic (exact) mass is 318 g/mol. The molecule has 1 aliphatic rings. The van der Waals surface area contributed by atoms with Crippen molar-refractivity contribution in [1.29, 1.82) is 0 Å². The van der Waals surface area contributed by atoms with Gasteiger partial charge < -0.3 is 4.57 Å². The summed E-state index contributed by atoms with van der Waals surface area (Å²) in [6.45, 7) is 8.38. The summed E-state index contributed by atoms with van der Waals surface area (Å²) in [5, 5.41) is 0. The number of nitrogens with zero attached hydrogens (tertiary/aromatic N) is 2. The number of alkyl halides is 2. The lowest BCUT2D eigenvalue weighted by molar-refractivity contribution is 0.106. The molecule has 0 amide bonds. The number of para-hydroxylation sites is 1. The molecule has 4 heteroatoms. The maximum atomic E-state index is 13.1. The van der Waals surface area contributed by atoms with Gasteiger partial charge in [-0.3, -0.25) is 0 Å². The van der Waals surface area contributed by atoms with Crippen molar-refractivity contribution in [2.45, 2.75) is 53.0 Å². The smallest absolute Gasteiger partial charge is 0.265 e. The van der Waals surface area contributed by atoms with Crippen molar-refractivity contribution in [3.8, 4) is 12.3 Å². The molecule has 1 heterocycles. The number of hydrogen-bond acceptors (Lipinski definition) is 1. The molecular weight excluding hydrogens is 294 g/mol. The average Bonchev–Trinajstić information content (AvgIpc) is 2.88. The van der Waals surface area contributed by atoms with E-state index in [1.807, 2.05) is 18.4 Å². The molecule has 1 fully saturated rings. The number of fused-ring (bicyclic) bond motifs is 1. The van der Waals surface area contributed by atoms with Crippen LogP contribution in [0.4, 0.5) is 8.78 Å². The van der Waals surface area contributed by atoms with Crippen LogP contribution in [0, 0.1) is 23.7 Å². The van der Waals surface area contributed by atoms with Crippen molar-refractivity contribution in [3.05, 3.63) is 30.1 Å². The van der Waals surface area contributed by atoms with Gasteiger partial charge in [-0.25, -0.2) is 13.8 Å². The van der Waals surface area contributed by atoms with Gasteiger partial charge >= 0.3 is 0 Å². The van der Waals surface area contributed by atoms with E-state index in [0.717, 1.165) is 12.8 Å². The minimum atomic E-state index is -2.45. The fourth-order valence-corrected chi connectivity index (χ4v) is 2.98. The zero-order valence-electron chi connectivity index (χ0n) is 14.2. The predicted molar refractivity (Wildman–Crippen MR) is 90.4 cm³/mol.